The number of hydrogen-bond acceptors (Lipinski definition) is 3. The summed E-state index contributed by atoms with van der Waals surface area (Å²) in [5, 5.41) is 12.5. The van der Waals surface area contributed by atoms with Gasteiger partial charge in [0.1, 0.15) is 0 Å². The van der Waals surface area contributed by atoms with E-state index in [1.807, 2.05) is 0 Å². The van der Waals surface area contributed by atoms with Gasteiger partial charge >= 0.3 is 0 Å². The number of nitrogens with two attached hydrogens (primary N) is 1. The van der Waals surface area contributed by atoms with E-state index < -0.39 is 0 Å². The number of carbonyl (C=O) groups is 1. The smallest absolute Gasteiger partial charge is 0.221 e. The van der Waals surface area contributed by atoms with Crippen LogP contribution in [0, 0.1) is 5.92 Å². The first-order chi connectivity index (χ1) is 7.59. The zero-order valence-corrected chi connectivity index (χ0v) is 9.74. The zero-order valence-electron chi connectivity index (χ0n) is 9.74. The number of amides is 1. The molecule has 2 aliphatic rings. The second-order valence-corrected chi connectivity index (χ2v) is 5.46. The van der Waals surface area contributed by atoms with Gasteiger partial charge in [-0.05, 0) is 32.1 Å². The highest BCUT2D eigenvalue weighted by Crippen LogP contribution is 2.32. The molecular formula is C12H22N2O2. The van der Waals surface area contributed by atoms with Crippen LogP contribution in [0.3, 0.4) is 0 Å². The molecule has 2 unspecified atom stereocenters. The van der Waals surface area contributed by atoms with E-state index >= 15 is 0 Å². The molecule has 0 heterocycles. The van der Waals surface area contributed by atoms with Crippen molar-refractivity contribution >= 4 is 5.91 Å². The monoisotopic (exact) mass is 226 g/mol. The van der Waals surface area contributed by atoms with Gasteiger partial charge in [0.15, 0.2) is 0 Å². The molecule has 0 aromatic heterocycles. The molecule has 0 radical (unpaired) electrons. The lowest BCUT2D eigenvalue weighted by Crippen LogP contribution is -2.50. The summed E-state index contributed by atoms with van der Waals surface area (Å²) < 4.78 is 0. The van der Waals surface area contributed by atoms with Gasteiger partial charge in [-0.25, -0.2) is 0 Å². The molecule has 92 valence electrons. The van der Waals surface area contributed by atoms with E-state index in [2.05, 4.69) is 5.32 Å². The first-order valence-electron chi connectivity index (χ1n) is 6.33. The van der Waals surface area contributed by atoms with Crippen molar-refractivity contribution in [2.45, 2.75) is 56.6 Å². The third-order valence-electron chi connectivity index (χ3n) is 4.04. The molecule has 16 heavy (non-hydrogen) atoms. The van der Waals surface area contributed by atoms with Crippen molar-refractivity contribution in [3.8, 4) is 0 Å². The van der Waals surface area contributed by atoms with Crippen LogP contribution >= 0.6 is 0 Å². The topological polar surface area (TPSA) is 75.4 Å². The average Bonchev–Trinajstić information content (AvgIpc) is 2.59. The lowest BCUT2D eigenvalue weighted by Gasteiger charge is -2.37. The Morgan fingerprint density at radius 3 is 2.62 bits per heavy atom. The first-order valence-corrected chi connectivity index (χ1v) is 6.33. The molecule has 2 saturated carbocycles. The predicted octanol–water partition coefficient (Wildman–Crippen LogP) is 0.535. The van der Waals surface area contributed by atoms with Gasteiger partial charge in [-0.1, -0.05) is 6.42 Å². The zero-order chi connectivity index (χ0) is 11.6. The van der Waals surface area contributed by atoms with Crippen LogP contribution in [0.2, 0.25) is 0 Å². The van der Waals surface area contributed by atoms with Crippen molar-refractivity contribution in [2.24, 2.45) is 11.7 Å². The van der Waals surface area contributed by atoms with Crippen molar-refractivity contribution in [3.63, 3.8) is 0 Å². The Hall–Kier alpha value is -0.610. The Labute approximate surface area is 96.6 Å². The summed E-state index contributed by atoms with van der Waals surface area (Å²) in [6, 6.07) is 0. The normalized spacial score (nSPS) is 32.1. The van der Waals surface area contributed by atoms with E-state index in [1.165, 1.54) is 0 Å². The van der Waals surface area contributed by atoms with Gasteiger partial charge in [0.25, 0.3) is 0 Å². The lowest BCUT2D eigenvalue weighted by atomic mass is 9.75. The van der Waals surface area contributed by atoms with Crippen LogP contribution in [-0.2, 0) is 4.79 Å². The number of aliphatic hydroxyl groups excluding tert-OH is 1. The molecule has 0 bridgehead atoms. The second-order valence-electron chi connectivity index (χ2n) is 5.46. The average molecular weight is 226 g/mol. The molecule has 2 rings (SSSR count). The van der Waals surface area contributed by atoms with Crippen LogP contribution < -0.4 is 11.1 Å². The number of carbonyl (C=O) groups excluding carboxylic acids is 1. The predicted molar refractivity (Wildman–Crippen MR) is 61.7 cm³/mol. The van der Waals surface area contributed by atoms with Gasteiger partial charge in [0.2, 0.25) is 5.91 Å². The third kappa shape index (κ3) is 2.74. The number of nitrogens with one attached hydrogen (secondary N) is 1. The molecule has 0 saturated heterocycles. The standard InChI is InChI=1S/C12H22N2O2/c13-12(5-2-6-12)7-11(16)14-8-9-3-1-4-10(9)15/h9-10,15H,1-8,13H2,(H,14,16). The van der Waals surface area contributed by atoms with Gasteiger partial charge in [0, 0.05) is 24.4 Å². The van der Waals surface area contributed by atoms with Crippen LogP contribution in [0.25, 0.3) is 0 Å². The summed E-state index contributed by atoms with van der Waals surface area (Å²) in [5.74, 6) is 0.292. The molecule has 1 amide bonds. The minimum atomic E-state index is -0.238. The molecule has 4 N–H and O–H groups in total. The van der Waals surface area contributed by atoms with Gasteiger partial charge in [-0.3, -0.25) is 4.79 Å². The largest absolute Gasteiger partial charge is 0.393 e. The van der Waals surface area contributed by atoms with E-state index in [9.17, 15) is 9.90 Å². The van der Waals surface area contributed by atoms with Gasteiger partial charge in [-0.15, -0.1) is 0 Å². The third-order valence-corrected chi connectivity index (χ3v) is 4.04. The van der Waals surface area contributed by atoms with Crippen LogP contribution in [0.1, 0.15) is 44.9 Å². The fraction of sp³-hybridized carbons (Fsp3) is 0.917. The van der Waals surface area contributed by atoms with Crippen LogP contribution in [0.15, 0.2) is 0 Å². The molecular weight excluding hydrogens is 204 g/mol. The van der Waals surface area contributed by atoms with Gasteiger partial charge < -0.3 is 16.2 Å². The quantitative estimate of drug-likeness (QED) is 0.654. The number of aliphatic hydroxyl groups is 1. The van der Waals surface area contributed by atoms with Gasteiger partial charge in [-0.2, -0.15) is 0 Å². The van der Waals surface area contributed by atoms with Crippen LogP contribution in [0.4, 0.5) is 0 Å². The van der Waals surface area contributed by atoms with E-state index in [0.29, 0.717) is 13.0 Å². The molecule has 4 nitrogen and oxygen atoms in total. The van der Waals surface area contributed by atoms with Crippen molar-refractivity contribution in [1.29, 1.82) is 0 Å². The van der Waals surface area contributed by atoms with E-state index in [0.717, 1.165) is 38.5 Å². The second kappa shape index (κ2) is 4.72. The van der Waals surface area contributed by atoms with Crippen LogP contribution in [0.5, 0.6) is 0 Å². The highest BCUT2D eigenvalue weighted by molar-refractivity contribution is 5.77. The molecule has 2 aliphatic carbocycles. The summed E-state index contributed by atoms with van der Waals surface area (Å²) in [4.78, 5) is 11.6. The van der Waals surface area contributed by atoms with Crippen LogP contribution in [-0.4, -0.2) is 29.2 Å². The summed E-state index contributed by atoms with van der Waals surface area (Å²) in [6.07, 6.45) is 6.26. The number of hydrogen-bond donors (Lipinski definition) is 3. The Bertz CT molecular complexity index is 264. The van der Waals surface area contributed by atoms with E-state index in [4.69, 9.17) is 5.73 Å². The molecule has 0 aromatic carbocycles. The molecule has 2 fully saturated rings. The molecule has 2 atom stereocenters. The first kappa shape index (κ1) is 11.9. The maximum atomic E-state index is 11.6. The minimum absolute atomic E-state index is 0.0429. The maximum absolute atomic E-state index is 11.6. The van der Waals surface area contributed by atoms with Crippen molar-refractivity contribution in [3.05, 3.63) is 0 Å². The Kier molecular flexibility index (Phi) is 3.50. The lowest BCUT2D eigenvalue weighted by molar-refractivity contribution is -0.123. The fourth-order valence-electron chi connectivity index (χ4n) is 2.69. The summed E-state index contributed by atoms with van der Waals surface area (Å²) in [6.45, 7) is 0.607. The Morgan fingerprint density at radius 1 is 1.38 bits per heavy atom. The molecule has 0 aliphatic heterocycles. The van der Waals surface area contributed by atoms with Gasteiger partial charge in [0.05, 0.1) is 6.10 Å². The summed E-state index contributed by atoms with van der Waals surface area (Å²) >= 11 is 0. The van der Waals surface area contributed by atoms with E-state index in [1.54, 1.807) is 0 Å². The highest BCUT2D eigenvalue weighted by atomic mass is 16.3. The van der Waals surface area contributed by atoms with E-state index in [-0.39, 0.29) is 23.5 Å². The molecule has 4 heteroatoms. The maximum Gasteiger partial charge on any atom is 0.221 e. The fourth-order valence-corrected chi connectivity index (χ4v) is 2.69. The Morgan fingerprint density at radius 2 is 2.12 bits per heavy atom. The summed E-state index contributed by atoms with van der Waals surface area (Å²) in [5.41, 5.74) is 5.77. The Balaban J connectivity index is 1.67. The molecule has 0 aromatic rings. The van der Waals surface area contributed by atoms with Crippen molar-refractivity contribution in [1.82, 2.24) is 5.32 Å². The van der Waals surface area contributed by atoms with Crippen molar-refractivity contribution in [2.75, 3.05) is 6.54 Å². The summed E-state index contributed by atoms with van der Waals surface area (Å²) in [7, 11) is 0. The van der Waals surface area contributed by atoms with Crippen molar-refractivity contribution < 1.29 is 9.90 Å². The molecule has 0 spiro atoms. The number of rotatable bonds is 4. The highest BCUT2D eigenvalue weighted by Gasteiger charge is 2.35. The SMILES string of the molecule is NC1(CC(=O)NCC2CCCC2O)CCC1. The minimum Gasteiger partial charge on any atom is -0.393 e.